The van der Waals surface area contributed by atoms with Crippen LogP contribution in [0.5, 0.6) is 17.2 Å². The van der Waals surface area contributed by atoms with Gasteiger partial charge < -0.3 is 40.4 Å². The highest BCUT2D eigenvalue weighted by molar-refractivity contribution is 6.39. The second-order valence-corrected chi connectivity index (χ2v) is 15.5. The molecule has 0 saturated carbocycles. The molecule has 0 radical (unpaired) electrons. The summed E-state index contributed by atoms with van der Waals surface area (Å²) in [4.78, 5) is 16.1. The van der Waals surface area contributed by atoms with Crippen molar-refractivity contribution in [1.29, 1.82) is 5.26 Å². The summed E-state index contributed by atoms with van der Waals surface area (Å²) in [6.45, 7) is 9.08. The molecular formula is C41H46Cl3N5O6. The minimum atomic E-state index is -1.63. The fraction of sp³-hybridized carbons (Fsp3) is 0.390. The number of ether oxygens (including phenoxy) is 3. The Kier molecular flexibility index (Phi) is 14.3. The van der Waals surface area contributed by atoms with Crippen molar-refractivity contribution in [1.82, 2.24) is 20.9 Å². The second kappa shape index (κ2) is 18.7. The van der Waals surface area contributed by atoms with E-state index in [1.165, 1.54) is 13.1 Å². The van der Waals surface area contributed by atoms with Crippen LogP contribution in [0.3, 0.4) is 0 Å². The zero-order valence-corrected chi connectivity index (χ0v) is 33.5. The molecular weight excluding hydrogens is 765 g/mol. The van der Waals surface area contributed by atoms with Gasteiger partial charge in [-0.05, 0) is 87.5 Å². The Labute approximate surface area is 336 Å². The maximum atomic E-state index is 12.0. The molecule has 55 heavy (non-hydrogen) atoms. The number of hydrogen-bond acceptors (Lipinski definition) is 10. The first-order valence-electron chi connectivity index (χ1n) is 17.9. The van der Waals surface area contributed by atoms with Gasteiger partial charge in [0.15, 0.2) is 6.29 Å². The standard InChI is InChI=1S/C41H46Cl3N5O6/c1-25-32(36-33(42)7-5-8-34(36)43)10-9-29(38(25)53-14-6-11-41(49-26(2)50)12-13-46-24-41)23-55-35-17-31(54-22-28-15-27(18-45)19-47-20-28)16-30(37(35)44)21-48-40(3,4)39(51)52/h5,7-10,15-17,19-20,39,46,48,51-52H,6,11-14,21-24H2,1-4H3,(H,49,50)/t41-/m0/s1. The maximum Gasteiger partial charge on any atom is 0.217 e. The van der Waals surface area contributed by atoms with E-state index >= 15 is 0 Å². The number of carbonyl (C=O) groups excluding carboxylic acids is 1. The summed E-state index contributed by atoms with van der Waals surface area (Å²) >= 11 is 20.3. The number of pyridine rings is 1. The summed E-state index contributed by atoms with van der Waals surface area (Å²) in [5.74, 6) is 1.32. The van der Waals surface area contributed by atoms with Crippen LogP contribution in [0, 0.1) is 18.3 Å². The molecule has 4 aromatic rings. The minimum Gasteiger partial charge on any atom is -0.493 e. The van der Waals surface area contributed by atoms with Crippen molar-refractivity contribution in [2.24, 2.45) is 0 Å². The predicted molar refractivity (Wildman–Crippen MR) is 214 cm³/mol. The number of amides is 1. The number of aliphatic hydroxyl groups excluding tert-OH is 1. The van der Waals surface area contributed by atoms with Gasteiger partial charge in [0.25, 0.3) is 0 Å². The van der Waals surface area contributed by atoms with Crippen molar-refractivity contribution in [3.63, 3.8) is 0 Å². The smallest absolute Gasteiger partial charge is 0.217 e. The topological polar surface area (TPSA) is 158 Å². The molecule has 1 saturated heterocycles. The molecule has 1 aliphatic rings. The number of nitrogens with one attached hydrogen (secondary N) is 3. The van der Waals surface area contributed by atoms with Crippen molar-refractivity contribution in [2.75, 3.05) is 19.7 Å². The van der Waals surface area contributed by atoms with Gasteiger partial charge in [0.05, 0.1) is 28.3 Å². The van der Waals surface area contributed by atoms with Gasteiger partial charge in [-0.3, -0.25) is 9.78 Å². The summed E-state index contributed by atoms with van der Waals surface area (Å²) in [5, 5.41) is 40.0. The summed E-state index contributed by atoms with van der Waals surface area (Å²) < 4.78 is 19.1. The Hall–Kier alpha value is -4.12. The first-order chi connectivity index (χ1) is 26.2. The maximum absolute atomic E-state index is 12.0. The number of halogens is 3. The summed E-state index contributed by atoms with van der Waals surface area (Å²) in [6, 6.07) is 16.4. The van der Waals surface area contributed by atoms with Gasteiger partial charge >= 0.3 is 0 Å². The molecule has 11 nitrogen and oxygen atoms in total. The molecule has 0 unspecified atom stereocenters. The summed E-state index contributed by atoms with van der Waals surface area (Å²) in [6.07, 6.45) is 3.73. The fourth-order valence-corrected chi connectivity index (χ4v) is 7.31. The van der Waals surface area contributed by atoms with E-state index in [1.807, 2.05) is 19.1 Å². The SMILES string of the molecule is CC(=O)N[C@@]1(CCCOc2c(COc3cc(OCc4cncc(C#N)c4)cc(CNC(C)(C)C(O)O)c3Cl)ccc(-c3c(Cl)cccc3Cl)c2C)CCNC1. The molecule has 0 aliphatic carbocycles. The van der Waals surface area contributed by atoms with E-state index in [0.29, 0.717) is 74.1 Å². The lowest BCUT2D eigenvalue weighted by Gasteiger charge is -2.29. The van der Waals surface area contributed by atoms with E-state index in [9.17, 15) is 20.3 Å². The van der Waals surface area contributed by atoms with E-state index < -0.39 is 11.8 Å². The number of rotatable bonds is 17. The van der Waals surface area contributed by atoms with Crippen LogP contribution in [-0.4, -0.2) is 58.2 Å². The van der Waals surface area contributed by atoms with E-state index in [2.05, 4.69) is 27.0 Å². The van der Waals surface area contributed by atoms with Crippen LogP contribution in [0.25, 0.3) is 11.1 Å². The number of carbonyl (C=O) groups is 1. The molecule has 292 valence electrons. The highest BCUT2D eigenvalue weighted by Gasteiger charge is 2.34. The Morgan fingerprint density at radius 1 is 1.05 bits per heavy atom. The van der Waals surface area contributed by atoms with Crippen molar-refractivity contribution in [2.45, 2.75) is 84.1 Å². The molecule has 14 heteroatoms. The zero-order chi connectivity index (χ0) is 39.8. The first kappa shape index (κ1) is 42.0. The Morgan fingerprint density at radius 2 is 1.82 bits per heavy atom. The van der Waals surface area contributed by atoms with Crippen molar-refractivity contribution < 1.29 is 29.2 Å². The molecule has 1 fully saturated rings. The first-order valence-corrected chi connectivity index (χ1v) is 19.1. The molecule has 0 bridgehead atoms. The van der Waals surface area contributed by atoms with Gasteiger partial charge in [-0.1, -0.05) is 53.0 Å². The van der Waals surface area contributed by atoms with Crippen LogP contribution in [0.2, 0.25) is 15.1 Å². The molecule has 3 aromatic carbocycles. The Balaban J connectivity index is 1.44. The van der Waals surface area contributed by atoms with E-state index in [4.69, 9.17) is 49.0 Å². The number of aromatic nitrogens is 1. The quantitative estimate of drug-likeness (QED) is 0.0544. The zero-order valence-electron chi connectivity index (χ0n) is 31.3. The van der Waals surface area contributed by atoms with Crippen LogP contribution in [0.15, 0.2) is 60.9 Å². The number of nitriles is 1. The van der Waals surface area contributed by atoms with E-state index in [1.54, 1.807) is 56.4 Å². The minimum absolute atomic E-state index is 0.0591. The van der Waals surface area contributed by atoms with E-state index in [0.717, 1.165) is 36.1 Å². The van der Waals surface area contributed by atoms with Crippen LogP contribution in [0.4, 0.5) is 0 Å². The van der Waals surface area contributed by atoms with Gasteiger partial charge in [0, 0.05) is 65.2 Å². The third-order valence-electron chi connectivity index (χ3n) is 9.63. The number of aliphatic hydroxyl groups is 2. The lowest BCUT2D eigenvalue weighted by atomic mass is 9.92. The van der Waals surface area contributed by atoms with Gasteiger partial charge in [-0.15, -0.1) is 0 Å². The van der Waals surface area contributed by atoms with Crippen LogP contribution < -0.4 is 30.2 Å². The highest BCUT2D eigenvalue weighted by atomic mass is 35.5. The van der Waals surface area contributed by atoms with Crippen LogP contribution in [-0.2, 0) is 24.6 Å². The van der Waals surface area contributed by atoms with Crippen LogP contribution in [0.1, 0.15) is 67.9 Å². The van der Waals surface area contributed by atoms with Crippen LogP contribution >= 0.6 is 34.8 Å². The number of hydrogen-bond donors (Lipinski definition) is 5. The van der Waals surface area contributed by atoms with Gasteiger partial charge in [0.2, 0.25) is 5.91 Å². The molecule has 5 rings (SSSR count). The van der Waals surface area contributed by atoms with Gasteiger partial charge in [0.1, 0.15) is 36.5 Å². The number of benzene rings is 3. The average molecular weight is 811 g/mol. The third-order valence-corrected chi connectivity index (χ3v) is 10.7. The Bertz CT molecular complexity index is 2010. The monoisotopic (exact) mass is 809 g/mol. The molecule has 1 aliphatic heterocycles. The molecule has 1 amide bonds. The van der Waals surface area contributed by atoms with Gasteiger partial charge in [-0.25, -0.2) is 0 Å². The molecule has 0 spiro atoms. The third kappa shape index (κ3) is 10.8. The van der Waals surface area contributed by atoms with Gasteiger partial charge in [-0.2, -0.15) is 5.26 Å². The van der Waals surface area contributed by atoms with Crippen molar-refractivity contribution >= 4 is 40.7 Å². The van der Waals surface area contributed by atoms with E-state index in [-0.39, 0.29) is 31.2 Å². The normalized spacial score (nSPS) is 15.5. The Morgan fingerprint density at radius 3 is 2.49 bits per heavy atom. The second-order valence-electron chi connectivity index (χ2n) is 14.3. The largest absolute Gasteiger partial charge is 0.493 e. The average Bonchev–Trinajstić information content (AvgIpc) is 3.60. The lowest BCUT2D eigenvalue weighted by molar-refractivity contribution is -0.120. The molecule has 2 heterocycles. The molecule has 1 aromatic heterocycles. The lowest BCUT2D eigenvalue weighted by Crippen LogP contribution is -2.49. The summed E-state index contributed by atoms with van der Waals surface area (Å²) in [7, 11) is 0. The van der Waals surface area contributed by atoms with Crippen molar-refractivity contribution in [3.8, 4) is 34.4 Å². The highest BCUT2D eigenvalue weighted by Crippen LogP contribution is 2.41. The summed E-state index contributed by atoms with van der Waals surface area (Å²) in [5.41, 5.74) is 3.41. The fourth-order valence-electron chi connectivity index (χ4n) is 6.48. The molecule has 1 atom stereocenters. The number of nitrogens with zero attached hydrogens (tertiary/aromatic N) is 2. The predicted octanol–water partition coefficient (Wildman–Crippen LogP) is 7.25. The van der Waals surface area contributed by atoms with Crippen molar-refractivity contribution in [3.05, 3.63) is 104 Å². The molecule has 5 N–H and O–H groups in total.